The molecule has 28 heavy (non-hydrogen) atoms. The van der Waals surface area contributed by atoms with Gasteiger partial charge in [-0.15, -0.1) is 0 Å². The number of ether oxygens (including phenoxy) is 2. The Morgan fingerprint density at radius 3 is 2.61 bits per heavy atom. The number of nitrogens with one attached hydrogen (secondary N) is 1. The van der Waals surface area contributed by atoms with Crippen LogP contribution in [-0.4, -0.2) is 44.0 Å². The van der Waals surface area contributed by atoms with E-state index < -0.39 is 0 Å². The predicted molar refractivity (Wildman–Crippen MR) is 108 cm³/mol. The zero-order valence-corrected chi connectivity index (χ0v) is 16.5. The van der Waals surface area contributed by atoms with Crippen molar-refractivity contribution in [1.82, 2.24) is 4.57 Å². The summed E-state index contributed by atoms with van der Waals surface area (Å²) in [7, 11) is 1.69. The molecule has 5 heteroatoms. The summed E-state index contributed by atoms with van der Waals surface area (Å²) in [6.45, 7) is 4.99. The van der Waals surface area contributed by atoms with E-state index in [9.17, 15) is 4.79 Å². The lowest BCUT2D eigenvalue weighted by atomic mass is 9.79. The molecule has 3 aliphatic rings. The topological polar surface area (TPSA) is 44.9 Å². The number of hydrogen-bond acceptors (Lipinski definition) is 3. The van der Waals surface area contributed by atoms with Crippen molar-refractivity contribution < 1.29 is 14.4 Å². The number of fused-ring (bicyclic) bond motifs is 4. The largest absolute Gasteiger partial charge is 0.497 e. The number of piperidine rings is 1. The lowest BCUT2D eigenvalue weighted by molar-refractivity contribution is -0.937. The first-order valence-corrected chi connectivity index (χ1v) is 10.5. The average molecular weight is 381 g/mol. The van der Waals surface area contributed by atoms with Gasteiger partial charge in [0, 0.05) is 48.5 Å². The summed E-state index contributed by atoms with van der Waals surface area (Å²) < 4.78 is 13.0. The van der Waals surface area contributed by atoms with Crippen LogP contribution in [0.1, 0.15) is 30.9 Å². The van der Waals surface area contributed by atoms with Gasteiger partial charge in [0.2, 0.25) is 0 Å². The van der Waals surface area contributed by atoms with Gasteiger partial charge in [-0.1, -0.05) is 12.1 Å². The summed E-state index contributed by atoms with van der Waals surface area (Å²) in [5.41, 5.74) is 3.77. The van der Waals surface area contributed by atoms with E-state index in [1.165, 1.54) is 42.6 Å². The van der Waals surface area contributed by atoms with Crippen LogP contribution in [0.25, 0.3) is 11.1 Å². The van der Waals surface area contributed by atoms with Gasteiger partial charge in [0.05, 0.1) is 39.5 Å². The van der Waals surface area contributed by atoms with Crippen LogP contribution in [0.4, 0.5) is 0 Å². The van der Waals surface area contributed by atoms with Crippen LogP contribution in [0, 0.1) is 5.92 Å². The van der Waals surface area contributed by atoms with Crippen LogP contribution in [0.15, 0.2) is 41.2 Å². The van der Waals surface area contributed by atoms with Gasteiger partial charge in [0.1, 0.15) is 5.75 Å². The van der Waals surface area contributed by atoms with Gasteiger partial charge in [-0.05, 0) is 30.2 Å². The highest BCUT2D eigenvalue weighted by Gasteiger charge is 2.41. The van der Waals surface area contributed by atoms with Gasteiger partial charge in [0.25, 0.3) is 5.56 Å². The summed E-state index contributed by atoms with van der Waals surface area (Å²) in [6.07, 6.45) is 3.54. The standard InChI is InChI=1S/C23H28N2O3/c1-27-20-4-2-17(3-5-20)21-6-7-22(26)25-14-16-12-18(23(21)25)15-24(13-16)19-8-10-28-11-9-19/h2-7,16,18-19H,8-15H2,1H3/p+1/t16-,18+/m0/s1. The van der Waals surface area contributed by atoms with E-state index in [4.69, 9.17) is 9.47 Å². The van der Waals surface area contributed by atoms with Crippen molar-refractivity contribution in [2.75, 3.05) is 33.4 Å². The van der Waals surface area contributed by atoms with Gasteiger partial charge in [0.15, 0.2) is 0 Å². The maximum Gasteiger partial charge on any atom is 0.250 e. The highest BCUT2D eigenvalue weighted by Crippen LogP contribution is 2.37. The number of likely N-dealkylation sites (tertiary alicyclic amines) is 1. The predicted octanol–water partition coefficient (Wildman–Crippen LogP) is 1.70. The van der Waals surface area contributed by atoms with Crippen LogP contribution in [-0.2, 0) is 11.3 Å². The monoisotopic (exact) mass is 381 g/mol. The lowest BCUT2D eigenvalue weighted by Gasteiger charge is -2.44. The normalized spacial score (nSPS) is 27.2. The van der Waals surface area contributed by atoms with E-state index in [0.717, 1.165) is 32.1 Å². The van der Waals surface area contributed by atoms with E-state index in [1.807, 2.05) is 18.2 Å². The van der Waals surface area contributed by atoms with Gasteiger partial charge in [-0.25, -0.2) is 0 Å². The molecule has 1 aromatic carbocycles. The third kappa shape index (κ3) is 3.16. The van der Waals surface area contributed by atoms with Crippen LogP contribution < -0.4 is 15.2 Å². The molecule has 5 nitrogen and oxygen atoms in total. The van der Waals surface area contributed by atoms with E-state index >= 15 is 0 Å². The number of aromatic nitrogens is 1. The number of rotatable bonds is 3. The summed E-state index contributed by atoms with van der Waals surface area (Å²) in [5.74, 6) is 1.92. The molecule has 0 amide bonds. The van der Waals surface area contributed by atoms with Gasteiger partial charge in [-0.3, -0.25) is 4.79 Å². The van der Waals surface area contributed by atoms with Crippen LogP contribution in [0.3, 0.4) is 0 Å². The molecule has 1 unspecified atom stereocenters. The molecule has 0 radical (unpaired) electrons. The molecule has 3 aliphatic heterocycles. The summed E-state index contributed by atoms with van der Waals surface area (Å²) in [6, 6.07) is 12.7. The van der Waals surface area contributed by atoms with Gasteiger partial charge < -0.3 is 18.9 Å². The highest BCUT2D eigenvalue weighted by atomic mass is 16.5. The van der Waals surface area contributed by atoms with E-state index in [1.54, 1.807) is 18.1 Å². The number of pyridine rings is 1. The van der Waals surface area contributed by atoms with Crippen molar-refractivity contribution in [3.8, 4) is 16.9 Å². The molecular formula is C23H29N2O3+. The first-order chi connectivity index (χ1) is 13.7. The number of nitrogens with zero attached hydrogens (tertiary/aromatic N) is 1. The molecule has 2 saturated heterocycles. The highest BCUT2D eigenvalue weighted by molar-refractivity contribution is 5.67. The van der Waals surface area contributed by atoms with Crippen LogP contribution in [0.2, 0.25) is 0 Å². The zero-order valence-electron chi connectivity index (χ0n) is 16.5. The third-order valence-corrected chi connectivity index (χ3v) is 6.93. The Morgan fingerprint density at radius 2 is 1.86 bits per heavy atom. The average Bonchev–Trinajstić information content (AvgIpc) is 2.75. The second kappa shape index (κ2) is 7.37. The molecular weight excluding hydrogens is 352 g/mol. The number of benzene rings is 1. The number of methoxy groups -OCH3 is 1. The molecule has 0 spiro atoms. The van der Waals surface area contributed by atoms with Crippen molar-refractivity contribution in [3.63, 3.8) is 0 Å². The number of quaternary nitrogens is 1. The van der Waals surface area contributed by atoms with E-state index in [-0.39, 0.29) is 5.56 Å². The minimum atomic E-state index is 0.150. The first kappa shape index (κ1) is 18.0. The van der Waals surface area contributed by atoms with Crippen molar-refractivity contribution in [3.05, 3.63) is 52.4 Å². The van der Waals surface area contributed by atoms with Crippen LogP contribution in [0.5, 0.6) is 5.75 Å². The molecule has 0 aliphatic carbocycles. The first-order valence-electron chi connectivity index (χ1n) is 10.5. The third-order valence-electron chi connectivity index (χ3n) is 6.93. The van der Waals surface area contributed by atoms with Crippen molar-refractivity contribution in [1.29, 1.82) is 0 Å². The van der Waals surface area contributed by atoms with Gasteiger partial charge in [-0.2, -0.15) is 0 Å². The molecule has 4 heterocycles. The summed E-state index contributed by atoms with van der Waals surface area (Å²) in [5, 5.41) is 0. The molecule has 1 aromatic heterocycles. The Balaban J connectivity index is 1.52. The summed E-state index contributed by atoms with van der Waals surface area (Å²) in [4.78, 5) is 14.4. The van der Waals surface area contributed by atoms with Gasteiger partial charge >= 0.3 is 0 Å². The molecule has 148 valence electrons. The molecule has 2 fully saturated rings. The Morgan fingerprint density at radius 1 is 1.07 bits per heavy atom. The van der Waals surface area contributed by atoms with E-state index in [0.29, 0.717) is 17.9 Å². The van der Waals surface area contributed by atoms with Crippen molar-refractivity contribution in [2.45, 2.75) is 37.8 Å². The SMILES string of the molecule is COc1ccc(-c2ccc(=O)n3c2[C@@H]2C[C@H](C3)C[NH+](C3CCOCC3)C2)cc1. The molecule has 0 saturated carbocycles. The summed E-state index contributed by atoms with van der Waals surface area (Å²) >= 11 is 0. The van der Waals surface area contributed by atoms with Crippen molar-refractivity contribution >= 4 is 0 Å². The molecule has 2 bridgehead atoms. The Labute approximate surface area is 165 Å². The second-order valence-electron chi connectivity index (χ2n) is 8.56. The Hall–Kier alpha value is -2.11. The molecule has 1 N–H and O–H groups in total. The lowest BCUT2D eigenvalue weighted by Crippen LogP contribution is -3.18. The Kier molecular flexibility index (Phi) is 4.73. The second-order valence-corrected chi connectivity index (χ2v) is 8.56. The smallest absolute Gasteiger partial charge is 0.250 e. The fraction of sp³-hybridized carbons (Fsp3) is 0.522. The maximum atomic E-state index is 12.7. The van der Waals surface area contributed by atoms with Crippen LogP contribution >= 0.6 is 0 Å². The number of hydrogen-bond donors (Lipinski definition) is 1. The molecule has 3 atom stereocenters. The molecule has 2 aromatic rings. The fourth-order valence-corrected chi connectivity index (χ4v) is 5.62. The fourth-order valence-electron chi connectivity index (χ4n) is 5.62. The van der Waals surface area contributed by atoms with E-state index in [2.05, 4.69) is 16.7 Å². The quantitative estimate of drug-likeness (QED) is 0.880. The van der Waals surface area contributed by atoms with Crippen molar-refractivity contribution in [2.24, 2.45) is 5.92 Å². The Bertz CT molecular complexity index is 899. The minimum Gasteiger partial charge on any atom is -0.497 e. The molecule has 5 rings (SSSR count). The maximum absolute atomic E-state index is 12.7. The zero-order chi connectivity index (χ0) is 19.1. The minimum absolute atomic E-state index is 0.150.